The molecule has 1 heterocycles. The Morgan fingerprint density at radius 3 is 2.67 bits per heavy atom. The molecule has 98 valence electrons. The molecule has 0 bridgehead atoms. The number of nitrogens with zero attached hydrogens (tertiary/aromatic N) is 2. The summed E-state index contributed by atoms with van der Waals surface area (Å²) in [5, 5.41) is 10.4. The first-order valence-electron chi connectivity index (χ1n) is 5.11. The predicted molar refractivity (Wildman–Crippen MR) is 64.6 cm³/mol. The van der Waals surface area contributed by atoms with Crippen molar-refractivity contribution in [3.63, 3.8) is 0 Å². The first kappa shape index (κ1) is 14.1. The number of thiophene rings is 1. The third-order valence-electron chi connectivity index (χ3n) is 2.00. The van der Waals surface area contributed by atoms with Crippen LogP contribution in [0.2, 0.25) is 0 Å². The van der Waals surface area contributed by atoms with Crippen molar-refractivity contribution in [2.45, 2.75) is 6.92 Å². The van der Waals surface area contributed by atoms with E-state index in [0.717, 1.165) is 16.2 Å². The smallest absolute Gasteiger partial charge is 0.325 e. The van der Waals surface area contributed by atoms with Crippen LogP contribution in [0.5, 0.6) is 0 Å². The number of carbonyl (C=O) groups is 2. The quantitative estimate of drug-likeness (QED) is 0.457. The highest BCUT2D eigenvalue weighted by molar-refractivity contribution is 7.17. The highest BCUT2D eigenvalue weighted by Crippen LogP contribution is 2.24. The molecule has 0 aliphatic heterocycles. The van der Waals surface area contributed by atoms with Crippen molar-refractivity contribution in [3.05, 3.63) is 27.1 Å². The minimum atomic E-state index is -0.563. The Hall–Kier alpha value is -1.96. The molecule has 8 heteroatoms. The van der Waals surface area contributed by atoms with E-state index in [9.17, 15) is 19.7 Å². The Balaban J connectivity index is 2.68. The second kappa shape index (κ2) is 6.10. The van der Waals surface area contributed by atoms with Gasteiger partial charge in [-0.1, -0.05) is 11.3 Å². The zero-order valence-electron chi connectivity index (χ0n) is 9.91. The van der Waals surface area contributed by atoms with Gasteiger partial charge in [0.05, 0.1) is 16.4 Å². The van der Waals surface area contributed by atoms with Gasteiger partial charge in [-0.15, -0.1) is 0 Å². The van der Waals surface area contributed by atoms with E-state index in [1.807, 2.05) is 0 Å². The van der Waals surface area contributed by atoms with Gasteiger partial charge < -0.3 is 9.64 Å². The van der Waals surface area contributed by atoms with Gasteiger partial charge in [0.1, 0.15) is 6.54 Å². The molecule has 7 nitrogen and oxygen atoms in total. The number of carbonyl (C=O) groups excluding carboxylic acids is 2. The largest absolute Gasteiger partial charge is 0.465 e. The van der Waals surface area contributed by atoms with Crippen LogP contribution < -0.4 is 0 Å². The number of hydrogen-bond acceptors (Lipinski definition) is 6. The minimum Gasteiger partial charge on any atom is -0.465 e. The molecule has 0 fully saturated rings. The molecule has 0 N–H and O–H groups in total. The van der Waals surface area contributed by atoms with Gasteiger partial charge in [0.15, 0.2) is 0 Å². The molecule has 0 unspecified atom stereocenters. The van der Waals surface area contributed by atoms with Crippen molar-refractivity contribution in [1.82, 2.24) is 4.90 Å². The van der Waals surface area contributed by atoms with Crippen LogP contribution in [0.1, 0.15) is 16.6 Å². The lowest BCUT2D eigenvalue weighted by Gasteiger charge is -2.14. The van der Waals surface area contributed by atoms with Crippen LogP contribution in [-0.2, 0) is 9.53 Å². The molecule has 0 spiro atoms. The fourth-order valence-electron chi connectivity index (χ4n) is 1.20. The summed E-state index contributed by atoms with van der Waals surface area (Å²) in [4.78, 5) is 34.3. The van der Waals surface area contributed by atoms with Crippen LogP contribution in [0.3, 0.4) is 0 Å². The molecule has 18 heavy (non-hydrogen) atoms. The third kappa shape index (κ3) is 3.52. The molecular formula is C10H12N2O5S. The molecule has 0 aliphatic rings. The summed E-state index contributed by atoms with van der Waals surface area (Å²) < 4.78 is 4.70. The molecule has 0 aromatic carbocycles. The number of nitro groups is 1. The number of rotatable bonds is 5. The van der Waals surface area contributed by atoms with E-state index in [0.29, 0.717) is 0 Å². The minimum absolute atomic E-state index is 0.108. The van der Waals surface area contributed by atoms with Crippen LogP contribution in [-0.4, -0.2) is 41.9 Å². The Morgan fingerprint density at radius 2 is 2.17 bits per heavy atom. The maximum atomic E-state index is 11.8. The molecule has 0 atom stereocenters. The van der Waals surface area contributed by atoms with Gasteiger partial charge >= 0.3 is 11.0 Å². The van der Waals surface area contributed by atoms with Gasteiger partial charge in [0.2, 0.25) is 0 Å². The molecular weight excluding hydrogens is 260 g/mol. The van der Waals surface area contributed by atoms with Gasteiger partial charge in [-0.3, -0.25) is 19.7 Å². The first-order chi connectivity index (χ1) is 8.45. The summed E-state index contributed by atoms with van der Waals surface area (Å²) in [7, 11) is 1.44. The van der Waals surface area contributed by atoms with Crippen LogP contribution in [0.4, 0.5) is 5.00 Å². The van der Waals surface area contributed by atoms with Gasteiger partial charge in [-0.2, -0.15) is 0 Å². The van der Waals surface area contributed by atoms with E-state index >= 15 is 0 Å². The van der Waals surface area contributed by atoms with Gasteiger partial charge in [-0.05, 0) is 13.0 Å². The molecule has 0 saturated heterocycles. The van der Waals surface area contributed by atoms with Crippen molar-refractivity contribution >= 4 is 28.2 Å². The summed E-state index contributed by atoms with van der Waals surface area (Å²) in [5.74, 6) is -0.958. The van der Waals surface area contributed by atoms with Gasteiger partial charge in [0, 0.05) is 13.1 Å². The third-order valence-corrected chi connectivity index (χ3v) is 3.03. The van der Waals surface area contributed by atoms with Crippen LogP contribution in [0, 0.1) is 10.1 Å². The second-order valence-corrected chi connectivity index (χ2v) is 4.42. The summed E-state index contributed by atoms with van der Waals surface area (Å²) in [5.41, 5.74) is 0. The number of esters is 1. The summed E-state index contributed by atoms with van der Waals surface area (Å²) in [6.45, 7) is 1.73. The average molecular weight is 272 g/mol. The molecule has 0 saturated carbocycles. The lowest BCUT2D eigenvalue weighted by molar-refractivity contribution is -0.380. The lowest BCUT2D eigenvalue weighted by atomic mass is 10.4. The summed E-state index contributed by atoms with van der Waals surface area (Å²) >= 11 is 0.775. The summed E-state index contributed by atoms with van der Waals surface area (Å²) in [6.07, 6.45) is 0. The highest BCUT2D eigenvalue weighted by atomic mass is 32.1. The first-order valence-corrected chi connectivity index (χ1v) is 5.92. The summed E-state index contributed by atoms with van der Waals surface area (Å²) in [6, 6.07) is 2.63. The fraction of sp³-hybridized carbons (Fsp3) is 0.400. The molecule has 1 aromatic rings. The predicted octanol–water partition coefficient (Wildman–Crippen LogP) is 1.29. The van der Waals surface area contributed by atoms with E-state index in [1.54, 1.807) is 6.92 Å². The Bertz CT molecular complexity index is 471. The zero-order valence-corrected chi connectivity index (χ0v) is 10.7. The Morgan fingerprint density at radius 1 is 1.50 bits per heavy atom. The van der Waals surface area contributed by atoms with Gasteiger partial charge in [0.25, 0.3) is 5.91 Å². The lowest BCUT2D eigenvalue weighted by Crippen LogP contribution is -2.32. The monoisotopic (exact) mass is 272 g/mol. The van der Waals surface area contributed by atoms with Crippen molar-refractivity contribution in [1.29, 1.82) is 0 Å². The number of likely N-dealkylation sites (N-methyl/N-ethyl adjacent to an activating group) is 1. The topological polar surface area (TPSA) is 89.8 Å². The van der Waals surface area contributed by atoms with Crippen molar-refractivity contribution in [3.8, 4) is 0 Å². The van der Waals surface area contributed by atoms with Gasteiger partial charge in [-0.25, -0.2) is 0 Å². The number of amides is 1. The zero-order chi connectivity index (χ0) is 13.7. The fourth-order valence-corrected chi connectivity index (χ4v) is 2.02. The molecule has 0 radical (unpaired) electrons. The highest BCUT2D eigenvalue weighted by Gasteiger charge is 2.20. The molecule has 1 rings (SSSR count). The van der Waals surface area contributed by atoms with E-state index in [-0.39, 0.29) is 23.0 Å². The Labute approximate surface area is 107 Å². The van der Waals surface area contributed by atoms with E-state index in [2.05, 4.69) is 0 Å². The normalized spacial score (nSPS) is 9.89. The van der Waals surface area contributed by atoms with Crippen LogP contribution >= 0.6 is 11.3 Å². The molecule has 0 aliphatic carbocycles. The average Bonchev–Trinajstić information content (AvgIpc) is 2.77. The van der Waals surface area contributed by atoms with Crippen molar-refractivity contribution in [2.24, 2.45) is 0 Å². The van der Waals surface area contributed by atoms with E-state index < -0.39 is 16.8 Å². The SMILES string of the molecule is CCOC(=O)CN(C)C(=O)c1ccc([N+](=O)[O-])s1. The van der Waals surface area contributed by atoms with E-state index in [4.69, 9.17) is 4.74 Å². The second-order valence-electron chi connectivity index (χ2n) is 3.36. The maximum absolute atomic E-state index is 11.8. The number of ether oxygens (including phenoxy) is 1. The van der Waals surface area contributed by atoms with Crippen molar-refractivity contribution in [2.75, 3.05) is 20.2 Å². The van der Waals surface area contributed by atoms with Crippen molar-refractivity contribution < 1.29 is 19.2 Å². The molecule has 1 amide bonds. The standard InChI is InChI=1S/C10H12N2O5S/c1-3-17-9(13)6-11(2)10(14)7-4-5-8(18-7)12(15)16/h4-5H,3,6H2,1-2H3. The molecule has 1 aromatic heterocycles. The van der Waals surface area contributed by atoms with Crippen LogP contribution in [0.25, 0.3) is 0 Å². The number of hydrogen-bond donors (Lipinski definition) is 0. The maximum Gasteiger partial charge on any atom is 0.325 e. The Kier molecular flexibility index (Phi) is 4.78. The van der Waals surface area contributed by atoms with E-state index in [1.165, 1.54) is 19.2 Å². The van der Waals surface area contributed by atoms with Crippen LogP contribution in [0.15, 0.2) is 12.1 Å².